The Morgan fingerprint density at radius 2 is 1.62 bits per heavy atom. The van der Waals surface area contributed by atoms with Gasteiger partial charge in [-0.25, -0.2) is 14.5 Å². The van der Waals surface area contributed by atoms with Crippen LogP contribution in [0.15, 0.2) is 82.2 Å². The van der Waals surface area contributed by atoms with E-state index in [2.05, 4.69) is 20.9 Å². The Labute approximate surface area is 146 Å². The predicted octanol–water partition coefficient (Wildman–Crippen LogP) is 4.21. The van der Waals surface area contributed by atoms with E-state index in [4.69, 9.17) is 4.98 Å². The maximum Gasteiger partial charge on any atom is 0.267 e. The number of para-hydroxylation sites is 1. The highest BCUT2D eigenvalue weighted by atomic mass is 79.9. The van der Waals surface area contributed by atoms with Crippen LogP contribution >= 0.6 is 15.9 Å². The van der Waals surface area contributed by atoms with Crippen LogP contribution in [-0.2, 0) is 0 Å². The standard InChI is InChI=1S/C19H12BrN3O/c20-14-10-11-17(21-12-14)23-18(13-6-2-1-3-7-13)22-16-9-5-4-8-15(16)19(23)24/h1-12H. The summed E-state index contributed by atoms with van der Waals surface area (Å²) in [6.45, 7) is 0. The van der Waals surface area contributed by atoms with E-state index in [-0.39, 0.29) is 5.56 Å². The zero-order valence-electron chi connectivity index (χ0n) is 12.6. The molecule has 0 spiro atoms. The average molecular weight is 378 g/mol. The predicted molar refractivity (Wildman–Crippen MR) is 98.3 cm³/mol. The molecule has 116 valence electrons. The highest BCUT2D eigenvalue weighted by Gasteiger charge is 2.14. The van der Waals surface area contributed by atoms with Crippen molar-refractivity contribution in [1.82, 2.24) is 14.5 Å². The van der Waals surface area contributed by atoms with Crippen LogP contribution in [0, 0.1) is 0 Å². The van der Waals surface area contributed by atoms with E-state index < -0.39 is 0 Å². The number of benzene rings is 2. The summed E-state index contributed by atoms with van der Waals surface area (Å²) in [5.74, 6) is 1.12. The maximum absolute atomic E-state index is 13.1. The molecule has 0 fully saturated rings. The van der Waals surface area contributed by atoms with Gasteiger partial charge in [0.2, 0.25) is 0 Å². The Morgan fingerprint density at radius 3 is 2.38 bits per heavy atom. The molecule has 0 radical (unpaired) electrons. The van der Waals surface area contributed by atoms with E-state index >= 15 is 0 Å². The lowest BCUT2D eigenvalue weighted by molar-refractivity contribution is 0.930. The minimum atomic E-state index is -0.130. The van der Waals surface area contributed by atoms with Crippen molar-refractivity contribution in [2.45, 2.75) is 0 Å². The first kappa shape index (κ1) is 14.8. The molecule has 4 rings (SSSR count). The van der Waals surface area contributed by atoms with E-state index in [9.17, 15) is 4.79 Å². The Balaban J connectivity index is 2.11. The first-order valence-electron chi connectivity index (χ1n) is 7.43. The first-order chi connectivity index (χ1) is 11.7. The minimum absolute atomic E-state index is 0.130. The van der Waals surface area contributed by atoms with Gasteiger partial charge in [-0.05, 0) is 40.2 Å². The van der Waals surface area contributed by atoms with Crippen molar-refractivity contribution in [3.63, 3.8) is 0 Å². The number of halogens is 1. The summed E-state index contributed by atoms with van der Waals surface area (Å²) in [5.41, 5.74) is 1.41. The van der Waals surface area contributed by atoms with Gasteiger partial charge in [0, 0.05) is 16.2 Å². The lowest BCUT2D eigenvalue weighted by Gasteiger charge is -2.13. The van der Waals surface area contributed by atoms with Gasteiger partial charge in [-0.15, -0.1) is 0 Å². The molecule has 0 aliphatic carbocycles. The van der Waals surface area contributed by atoms with Gasteiger partial charge >= 0.3 is 0 Å². The lowest BCUT2D eigenvalue weighted by atomic mass is 10.2. The van der Waals surface area contributed by atoms with Crippen molar-refractivity contribution in [2.75, 3.05) is 0 Å². The second-order valence-corrected chi connectivity index (χ2v) is 6.21. The van der Waals surface area contributed by atoms with Crippen LogP contribution < -0.4 is 5.56 Å². The number of fused-ring (bicyclic) bond motifs is 1. The smallest absolute Gasteiger partial charge is 0.267 e. The Morgan fingerprint density at radius 1 is 0.875 bits per heavy atom. The van der Waals surface area contributed by atoms with E-state index in [1.54, 1.807) is 22.9 Å². The molecule has 0 atom stereocenters. The fourth-order valence-corrected chi connectivity index (χ4v) is 2.86. The van der Waals surface area contributed by atoms with E-state index in [1.165, 1.54) is 0 Å². The van der Waals surface area contributed by atoms with Crippen LogP contribution in [0.2, 0.25) is 0 Å². The molecule has 4 nitrogen and oxygen atoms in total. The number of rotatable bonds is 2. The van der Waals surface area contributed by atoms with Gasteiger partial charge in [0.1, 0.15) is 11.6 Å². The third kappa shape index (κ3) is 2.53. The molecule has 0 aliphatic heterocycles. The average Bonchev–Trinajstić information content (AvgIpc) is 2.63. The number of hydrogen-bond donors (Lipinski definition) is 0. The minimum Gasteiger partial charge on any atom is -0.268 e. The van der Waals surface area contributed by atoms with Crippen molar-refractivity contribution in [3.05, 3.63) is 87.8 Å². The van der Waals surface area contributed by atoms with Crippen LogP contribution in [0.25, 0.3) is 28.1 Å². The SMILES string of the molecule is O=c1c2ccccc2nc(-c2ccccc2)n1-c1ccc(Br)cn1. The molecule has 2 aromatic heterocycles. The van der Waals surface area contributed by atoms with Gasteiger partial charge in [0.15, 0.2) is 0 Å². The van der Waals surface area contributed by atoms with Crippen molar-refractivity contribution in [1.29, 1.82) is 0 Å². The molecular formula is C19H12BrN3O. The van der Waals surface area contributed by atoms with E-state index in [0.29, 0.717) is 22.5 Å². The molecule has 24 heavy (non-hydrogen) atoms. The molecule has 2 aromatic carbocycles. The summed E-state index contributed by atoms with van der Waals surface area (Å²) in [6, 6.07) is 20.7. The van der Waals surface area contributed by atoms with Crippen molar-refractivity contribution < 1.29 is 0 Å². The third-order valence-electron chi connectivity index (χ3n) is 3.75. The summed E-state index contributed by atoms with van der Waals surface area (Å²) < 4.78 is 2.42. The molecule has 4 aromatic rings. The summed E-state index contributed by atoms with van der Waals surface area (Å²) in [5, 5.41) is 0.571. The molecule has 0 saturated carbocycles. The molecule has 0 unspecified atom stereocenters. The summed E-state index contributed by atoms with van der Waals surface area (Å²) >= 11 is 3.37. The van der Waals surface area contributed by atoms with Crippen LogP contribution in [0.5, 0.6) is 0 Å². The Bertz CT molecular complexity index is 1070. The normalized spacial score (nSPS) is 10.9. The number of nitrogens with zero attached hydrogens (tertiary/aromatic N) is 3. The monoisotopic (exact) mass is 377 g/mol. The van der Waals surface area contributed by atoms with Gasteiger partial charge in [0.25, 0.3) is 5.56 Å². The van der Waals surface area contributed by atoms with Crippen LogP contribution in [0.3, 0.4) is 0 Å². The highest BCUT2D eigenvalue weighted by molar-refractivity contribution is 9.10. The molecule has 0 amide bonds. The number of hydrogen-bond acceptors (Lipinski definition) is 3. The quantitative estimate of drug-likeness (QED) is 0.525. The van der Waals surface area contributed by atoms with Gasteiger partial charge in [0.05, 0.1) is 10.9 Å². The van der Waals surface area contributed by atoms with Crippen molar-refractivity contribution >= 4 is 26.8 Å². The van der Waals surface area contributed by atoms with E-state index in [1.807, 2.05) is 54.6 Å². The van der Waals surface area contributed by atoms with Gasteiger partial charge in [-0.1, -0.05) is 42.5 Å². The molecule has 2 heterocycles. The zero-order valence-corrected chi connectivity index (χ0v) is 14.1. The molecular weight excluding hydrogens is 366 g/mol. The second kappa shape index (κ2) is 6.02. The number of aromatic nitrogens is 3. The highest BCUT2D eigenvalue weighted by Crippen LogP contribution is 2.21. The fourth-order valence-electron chi connectivity index (χ4n) is 2.63. The molecule has 5 heteroatoms. The molecule has 0 N–H and O–H groups in total. The Kier molecular flexibility index (Phi) is 3.70. The summed E-state index contributed by atoms with van der Waals surface area (Å²) in [6.07, 6.45) is 1.67. The van der Waals surface area contributed by atoms with E-state index in [0.717, 1.165) is 10.0 Å². The second-order valence-electron chi connectivity index (χ2n) is 5.29. The van der Waals surface area contributed by atoms with Crippen molar-refractivity contribution in [2.24, 2.45) is 0 Å². The molecule has 0 aliphatic rings. The number of pyridine rings is 1. The topological polar surface area (TPSA) is 47.8 Å². The van der Waals surface area contributed by atoms with Gasteiger partial charge < -0.3 is 0 Å². The van der Waals surface area contributed by atoms with Gasteiger partial charge in [-0.3, -0.25) is 4.79 Å². The fraction of sp³-hybridized carbons (Fsp3) is 0. The largest absolute Gasteiger partial charge is 0.268 e. The summed E-state index contributed by atoms with van der Waals surface area (Å²) in [4.78, 5) is 22.2. The Hall–Kier alpha value is -2.79. The lowest BCUT2D eigenvalue weighted by Crippen LogP contribution is -2.22. The van der Waals surface area contributed by atoms with Gasteiger partial charge in [-0.2, -0.15) is 0 Å². The molecule has 0 bridgehead atoms. The first-order valence-corrected chi connectivity index (χ1v) is 8.22. The van der Waals surface area contributed by atoms with Crippen molar-refractivity contribution in [3.8, 4) is 17.2 Å². The van der Waals surface area contributed by atoms with Crippen LogP contribution in [-0.4, -0.2) is 14.5 Å². The maximum atomic E-state index is 13.1. The van der Waals surface area contributed by atoms with Crippen LogP contribution in [0.1, 0.15) is 0 Å². The third-order valence-corrected chi connectivity index (χ3v) is 4.22. The summed E-state index contributed by atoms with van der Waals surface area (Å²) in [7, 11) is 0. The van der Waals surface area contributed by atoms with Crippen LogP contribution in [0.4, 0.5) is 0 Å². The molecule has 0 saturated heterocycles. The zero-order chi connectivity index (χ0) is 16.5.